The second-order valence-corrected chi connectivity index (χ2v) is 5.90. The number of piperidine rings is 1. The van der Waals surface area contributed by atoms with Crippen molar-refractivity contribution in [2.75, 3.05) is 13.1 Å². The maximum atomic E-state index is 11.6. The third-order valence-corrected chi connectivity index (χ3v) is 4.27. The number of likely N-dealkylation sites (tertiary alicyclic amines) is 1. The minimum atomic E-state index is 0.173. The number of benzene rings is 1. The van der Waals surface area contributed by atoms with Gasteiger partial charge in [0, 0.05) is 38.0 Å². The van der Waals surface area contributed by atoms with E-state index in [0.29, 0.717) is 5.92 Å². The molecular weight excluding hydrogens is 274 g/mol. The molecule has 3 rings (SSSR count). The highest BCUT2D eigenvalue weighted by atomic mass is 16.2. The highest BCUT2D eigenvalue weighted by Gasteiger charge is 2.23. The van der Waals surface area contributed by atoms with E-state index in [1.165, 1.54) is 0 Å². The number of carbonyl (C=O) groups excluding carboxylic acids is 1. The van der Waals surface area contributed by atoms with Gasteiger partial charge in [0.1, 0.15) is 0 Å². The van der Waals surface area contributed by atoms with E-state index in [2.05, 4.69) is 22.1 Å². The molecule has 1 unspecified atom stereocenters. The molecule has 1 saturated heterocycles. The van der Waals surface area contributed by atoms with Crippen LogP contribution in [0.3, 0.4) is 0 Å². The Bertz CT molecular complexity index is 642. The van der Waals surface area contributed by atoms with E-state index in [-0.39, 0.29) is 5.91 Å². The van der Waals surface area contributed by atoms with Crippen molar-refractivity contribution >= 4 is 5.91 Å². The fraction of sp³-hybridized carbons (Fsp3) is 0.389. The molecule has 2 aromatic rings. The molecule has 1 aliphatic heterocycles. The molecule has 114 valence electrons. The first kappa shape index (κ1) is 14.7. The van der Waals surface area contributed by atoms with Gasteiger partial charge in [-0.15, -0.1) is 0 Å². The van der Waals surface area contributed by atoms with Crippen LogP contribution in [0.4, 0.5) is 0 Å². The smallest absolute Gasteiger partial charge is 0.219 e. The van der Waals surface area contributed by atoms with Crippen LogP contribution >= 0.6 is 0 Å². The summed E-state index contributed by atoms with van der Waals surface area (Å²) in [6.45, 7) is 3.37. The molecule has 4 heteroatoms. The first-order chi connectivity index (χ1) is 10.7. The van der Waals surface area contributed by atoms with E-state index >= 15 is 0 Å². The molecule has 0 radical (unpaired) electrons. The predicted molar refractivity (Wildman–Crippen MR) is 86.2 cm³/mol. The van der Waals surface area contributed by atoms with E-state index in [0.717, 1.165) is 49.3 Å². The number of aromatic nitrogens is 2. The lowest BCUT2D eigenvalue weighted by Gasteiger charge is -2.32. The average Bonchev–Trinajstić information content (AvgIpc) is 2.56. The second-order valence-electron chi connectivity index (χ2n) is 5.90. The Kier molecular flexibility index (Phi) is 4.47. The first-order valence-electron chi connectivity index (χ1n) is 7.85. The lowest BCUT2D eigenvalue weighted by Crippen LogP contribution is -2.39. The highest BCUT2D eigenvalue weighted by Crippen LogP contribution is 2.25. The largest absolute Gasteiger partial charge is 0.343 e. The van der Waals surface area contributed by atoms with Crippen LogP contribution in [0.5, 0.6) is 0 Å². The lowest BCUT2D eigenvalue weighted by molar-refractivity contribution is -0.130. The zero-order valence-corrected chi connectivity index (χ0v) is 12.9. The maximum absolute atomic E-state index is 11.6. The van der Waals surface area contributed by atoms with Crippen molar-refractivity contribution < 1.29 is 4.79 Å². The molecule has 4 nitrogen and oxygen atoms in total. The summed E-state index contributed by atoms with van der Waals surface area (Å²) in [4.78, 5) is 22.6. The SMILES string of the molecule is CC(=O)N1CCCC(Cc2nccnc2-c2ccccc2)C1. The van der Waals surface area contributed by atoms with E-state index in [1.807, 2.05) is 23.1 Å². The van der Waals surface area contributed by atoms with Crippen molar-refractivity contribution in [2.24, 2.45) is 5.92 Å². The summed E-state index contributed by atoms with van der Waals surface area (Å²) in [7, 11) is 0. The van der Waals surface area contributed by atoms with Crippen LogP contribution in [0.1, 0.15) is 25.5 Å². The van der Waals surface area contributed by atoms with Gasteiger partial charge in [-0.3, -0.25) is 14.8 Å². The van der Waals surface area contributed by atoms with Gasteiger partial charge < -0.3 is 4.90 Å². The zero-order valence-electron chi connectivity index (χ0n) is 12.9. The molecule has 1 aromatic carbocycles. The molecule has 2 heterocycles. The number of hydrogen-bond donors (Lipinski definition) is 0. The quantitative estimate of drug-likeness (QED) is 0.874. The fourth-order valence-corrected chi connectivity index (χ4v) is 3.14. The Morgan fingerprint density at radius 3 is 2.77 bits per heavy atom. The summed E-state index contributed by atoms with van der Waals surface area (Å²) >= 11 is 0. The van der Waals surface area contributed by atoms with E-state index < -0.39 is 0 Å². The third kappa shape index (κ3) is 3.32. The molecule has 1 aromatic heterocycles. The van der Waals surface area contributed by atoms with Crippen LogP contribution in [-0.4, -0.2) is 33.9 Å². The van der Waals surface area contributed by atoms with Crippen LogP contribution in [0.15, 0.2) is 42.7 Å². The third-order valence-electron chi connectivity index (χ3n) is 4.27. The summed E-state index contributed by atoms with van der Waals surface area (Å²) in [5.41, 5.74) is 3.09. The molecule has 0 spiro atoms. The van der Waals surface area contributed by atoms with Gasteiger partial charge in [0.25, 0.3) is 0 Å². The van der Waals surface area contributed by atoms with E-state index in [1.54, 1.807) is 19.3 Å². The fourth-order valence-electron chi connectivity index (χ4n) is 3.14. The predicted octanol–water partition coefficient (Wildman–Crippen LogP) is 2.94. The molecule has 1 fully saturated rings. The molecule has 1 amide bonds. The number of amides is 1. The molecular formula is C18H21N3O. The Balaban J connectivity index is 1.80. The molecule has 0 N–H and O–H groups in total. The molecule has 0 aliphatic carbocycles. The minimum absolute atomic E-state index is 0.173. The Morgan fingerprint density at radius 2 is 2.00 bits per heavy atom. The summed E-state index contributed by atoms with van der Waals surface area (Å²) < 4.78 is 0. The molecule has 0 bridgehead atoms. The average molecular weight is 295 g/mol. The number of carbonyl (C=O) groups is 1. The number of rotatable bonds is 3. The van der Waals surface area contributed by atoms with Crippen LogP contribution in [0, 0.1) is 5.92 Å². The van der Waals surface area contributed by atoms with Gasteiger partial charge in [0.05, 0.1) is 11.4 Å². The van der Waals surface area contributed by atoms with Crippen molar-refractivity contribution in [1.29, 1.82) is 0 Å². The standard InChI is InChI=1S/C18H21N3O/c1-14(22)21-11-5-6-15(13-21)12-17-18(20-10-9-19-17)16-7-3-2-4-8-16/h2-4,7-10,15H,5-6,11-13H2,1H3. The van der Waals surface area contributed by atoms with Crippen molar-refractivity contribution in [3.05, 3.63) is 48.4 Å². The first-order valence-corrected chi connectivity index (χ1v) is 7.85. The summed E-state index contributed by atoms with van der Waals surface area (Å²) in [6.07, 6.45) is 6.60. The van der Waals surface area contributed by atoms with Gasteiger partial charge in [-0.2, -0.15) is 0 Å². The number of hydrogen-bond acceptors (Lipinski definition) is 3. The Hall–Kier alpha value is -2.23. The van der Waals surface area contributed by atoms with Crippen LogP contribution in [-0.2, 0) is 11.2 Å². The molecule has 1 aliphatic rings. The van der Waals surface area contributed by atoms with E-state index in [4.69, 9.17) is 0 Å². The number of nitrogens with zero attached hydrogens (tertiary/aromatic N) is 3. The molecule has 0 saturated carbocycles. The zero-order chi connectivity index (χ0) is 15.4. The topological polar surface area (TPSA) is 46.1 Å². The highest BCUT2D eigenvalue weighted by molar-refractivity contribution is 5.73. The van der Waals surface area contributed by atoms with Gasteiger partial charge in [-0.25, -0.2) is 0 Å². The van der Waals surface area contributed by atoms with Crippen LogP contribution in [0.25, 0.3) is 11.3 Å². The Labute approximate surface area is 131 Å². The Morgan fingerprint density at radius 1 is 1.23 bits per heavy atom. The van der Waals surface area contributed by atoms with E-state index in [9.17, 15) is 4.79 Å². The summed E-state index contributed by atoms with van der Waals surface area (Å²) in [5, 5.41) is 0. The van der Waals surface area contributed by atoms with Gasteiger partial charge in [0.2, 0.25) is 5.91 Å². The van der Waals surface area contributed by atoms with Crippen LogP contribution in [0.2, 0.25) is 0 Å². The van der Waals surface area contributed by atoms with Crippen molar-refractivity contribution in [3.63, 3.8) is 0 Å². The second kappa shape index (κ2) is 6.69. The van der Waals surface area contributed by atoms with Gasteiger partial charge in [-0.05, 0) is 25.2 Å². The van der Waals surface area contributed by atoms with Gasteiger partial charge in [-0.1, -0.05) is 30.3 Å². The van der Waals surface area contributed by atoms with Gasteiger partial charge in [0.15, 0.2) is 0 Å². The van der Waals surface area contributed by atoms with Crippen molar-refractivity contribution in [2.45, 2.75) is 26.2 Å². The van der Waals surface area contributed by atoms with Crippen molar-refractivity contribution in [1.82, 2.24) is 14.9 Å². The lowest BCUT2D eigenvalue weighted by atomic mass is 9.91. The van der Waals surface area contributed by atoms with Crippen LogP contribution < -0.4 is 0 Å². The monoisotopic (exact) mass is 295 g/mol. The summed E-state index contributed by atoms with van der Waals surface area (Å²) in [6, 6.07) is 10.2. The van der Waals surface area contributed by atoms with Gasteiger partial charge >= 0.3 is 0 Å². The maximum Gasteiger partial charge on any atom is 0.219 e. The molecule has 22 heavy (non-hydrogen) atoms. The van der Waals surface area contributed by atoms with Crippen molar-refractivity contribution in [3.8, 4) is 11.3 Å². The summed E-state index contributed by atoms with van der Waals surface area (Å²) in [5.74, 6) is 0.643. The minimum Gasteiger partial charge on any atom is -0.343 e. The normalized spacial score (nSPS) is 18.2. The molecule has 1 atom stereocenters.